The molecule has 0 bridgehead atoms. The number of benzene rings is 4. The second-order valence-electron chi connectivity index (χ2n) is 16.0. The number of nitrogens with zero attached hydrogens (tertiary/aromatic N) is 5. The number of nitrogens with one attached hydrogen (secondary N) is 3. The van der Waals surface area contributed by atoms with Gasteiger partial charge in [-0.2, -0.15) is 20.7 Å². The molecule has 11 nitrogen and oxygen atoms in total. The van der Waals surface area contributed by atoms with Gasteiger partial charge in [-0.3, -0.25) is 15.0 Å². The smallest absolute Gasteiger partial charge is 0.335 e. The maximum atomic E-state index is 15.3. The summed E-state index contributed by atoms with van der Waals surface area (Å²) in [6.45, 7) is 16.3. The molecule has 2 aliphatic rings. The molecule has 2 saturated heterocycles. The number of nitriles is 2. The molecule has 328 valence electrons. The van der Waals surface area contributed by atoms with Gasteiger partial charge in [0.25, 0.3) is 5.91 Å². The molecule has 0 spiro atoms. The second kappa shape index (κ2) is 19.6. The zero-order valence-corrected chi connectivity index (χ0v) is 36.7. The van der Waals surface area contributed by atoms with E-state index in [2.05, 4.69) is 25.7 Å². The van der Waals surface area contributed by atoms with E-state index in [1.54, 1.807) is 54.6 Å². The van der Waals surface area contributed by atoms with Crippen molar-refractivity contribution in [2.24, 2.45) is 0 Å². The molecule has 0 aliphatic carbocycles. The number of hydrogen-bond acceptors (Lipinski definition) is 7. The Labute approximate surface area is 373 Å². The predicted octanol–water partition coefficient (Wildman–Crippen LogP) is 9.90. The number of H-pyrrole nitrogens is 2. The lowest BCUT2D eigenvalue weighted by atomic mass is 9.86. The number of likely N-dealkylation sites (tertiary alicyclic amines) is 1. The lowest BCUT2D eigenvalue weighted by molar-refractivity contribution is -0.0231. The maximum absolute atomic E-state index is 15.3. The van der Waals surface area contributed by atoms with Gasteiger partial charge in [-0.1, -0.05) is 43.8 Å². The Balaban J connectivity index is 0.000000225. The Morgan fingerprint density at radius 1 is 0.651 bits per heavy atom. The van der Waals surface area contributed by atoms with Crippen molar-refractivity contribution >= 4 is 24.3 Å². The number of rotatable bonds is 6. The minimum Gasteiger partial charge on any atom is -0.478 e. The van der Waals surface area contributed by atoms with Crippen molar-refractivity contribution in [3.05, 3.63) is 151 Å². The average Bonchev–Trinajstić information content (AvgIpc) is 3.73. The van der Waals surface area contributed by atoms with E-state index in [1.807, 2.05) is 85.7 Å². The highest BCUT2D eigenvalue weighted by molar-refractivity contribution is 5.98. The van der Waals surface area contributed by atoms with Crippen LogP contribution in [0.3, 0.4) is 0 Å². The van der Waals surface area contributed by atoms with Crippen molar-refractivity contribution in [1.82, 2.24) is 30.6 Å². The number of aryl methyl sites for hydroxylation is 6. The minimum absolute atomic E-state index is 0. The van der Waals surface area contributed by atoms with Crippen LogP contribution in [0.15, 0.2) is 72.8 Å². The number of carboxylic acids is 1. The number of aromatic nitrogens is 4. The number of carboxylic acid groups (broad SMARTS) is 1. The molecule has 0 radical (unpaired) electrons. The summed E-state index contributed by atoms with van der Waals surface area (Å²) in [6, 6.07) is 24.6. The number of aromatic amines is 2. The molecule has 14 heteroatoms. The van der Waals surface area contributed by atoms with E-state index in [1.165, 1.54) is 4.90 Å². The molecule has 6 aromatic rings. The summed E-state index contributed by atoms with van der Waals surface area (Å²) >= 11 is 0. The molecule has 4 N–H and O–H groups in total. The molecule has 0 unspecified atom stereocenters. The lowest BCUT2D eigenvalue weighted by Gasteiger charge is -2.45. The topological polar surface area (TPSA) is 175 Å². The number of amides is 1. The number of hydrogen-bond donors (Lipinski definition) is 4. The zero-order valence-electron chi connectivity index (χ0n) is 35.9. The van der Waals surface area contributed by atoms with Crippen molar-refractivity contribution in [2.45, 2.75) is 74.2 Å². The number of alkyl halides is 2. The van der Waals surface area contributed by atoms with Crippen LogP contribution >= 0.6 is 12.4 Å². The normalized spacial score (nSPS) is 14.0. The summed E-state index contributed by atoms with van der Waals surface area (Å²) in [4.78, 5) is 25.8. The van der Waals surface area contributed by atoms with Crippen LogP contribution in [0, 0.1) is 78.1 Å². The Kier molecular flexibility index (Phi) is 15.2. The molecule has 8 rings (SSSR count). The summed E-state index contributed by atoms with van der Waals surface area (Å²) in [7, 11) is 0. The molecular formula is C49H53ClF2N8O3. The number of carbonyl (C=O) groups excluding carboxylic acids is 1. The fourth-order valence-electron chi connectivity index (χ4n) is 7.46. The monoisotopic (exact) mass is 874 g/mol. The number of aromatic carboxylic acids is 1. The van der Waals surface area contributed by atoms with Gasteiger partial charge in [-0.05, 0) is 136 Å². The summed E-state index contributed by atoms with van der Waals surface area (Å²) < 4.78 is 29.0. The predicted molar refractivity (Wildman–Crippen MR) is 244 cm³/mol. The second-order valence-corrected chi connectivity index (χ2v) is 16.0. The largest absolute Gasteiger partial charge is 0.478 e. The van der Waals surface area contributed by atoms with Crippen LogP contribution < -0.4 is 5.32 Å². The van der Waals surface area contributed by atoms with Gasteiger partial charge in [0, 0.05) is 41.2 Å². The molecular weight excluding hydrogens is 822 g/mol. The van der Waals surface area contributed by atoms with Gasteiger partial charge < -0.3 is 15.3 Å². The first-order valence-electron chi connectivity index (χ1n) is 19.8. The molecule has 4 heterocycles. The van der Waals surface area contributed by atoms with Gasteiger partial charge in [0.1, 0.15) is 0 Å². The Hall–Kier alpha value is -6.67. The summed E-state index contributed by atoms with van der Waals surface area (Å²) in [5, 5.41) is 44.1. The van der Waals surface area contributed by atoms with E-state index < -0.39 is 17.3 Å². The molecule has 4 aromatic carbocycles. The van der Waals surface area contributed by atoms with Gasteiger partial charge in [0.05, 0.1) is 53.3 Å². The van der Waals surface area contributed by atoms with Crippen LogP contribution in [0.1, 0.15) is 95.2 Å². The lowest BCUT2D eigenvalue weighted by Crippen LogP contribution is -2.58. The highest BCUT2D eigenvalue weighted by Gasteiger charge is 2.47. The molecule has 63 heavy (non-hydrogen) atoms. The van der Waals surface area contributed by atoms with E-state index >= 15 is 4.39 Å². The minimum atomic E-state index is -1.58. The molecule has 2 aromatic heterocycles. The SMILES string of the molecule is C.Cc1cc(C)c(-c2n[nH]c(C)c2C)cc1C(=O)N1CC(F)(c2ccc(C#N)cc2)C1.Cc1cc(C)c(-c2n[nH]c(C)c2C)cc1C(=O)O.Cl.N#Cc1ccc(C2(F)CNC2)cc1. The number of carbonyl (C=O) groups is 2. The van der Waals surface area contributed by atoms with Crippen LogP contribution in [0.5, 0.6) is 0 Å². The first kappa shape index (κ1) is 49.0. The van der Waals surface area contributed by atoms with Crippen molar-refractivity contribution in [3.63, 3.8) is 0 Å². The van der Waals surface area contributed by atoms with Crippen molar-refractivity contribution < 1.29 is 23.5 Å². The van der Waals surface area contributed by atoms with Crippen molar-refractivity contribution in [3.8, 4) is 34.7 Å². The molecule has 2 aliphatic heterocycles. The van der Waals surface area contributed by atoms with Gasteiger partial charge in [-0.15, -0.1) is 12.4 Å². The highest BCUT2D eigenvalue weighted by atomic mass is 35.5. The first-order valence-corrected chi connectivity index (χ1v) is 19.8. The van der Waals surface area contributed by atoms with E-state index in [9.17, 15) is 19.1 Å². The third kappa shape index (κ3) is 10.0. The third-order valence-corrected chi connectivity index (χ3v) is 11.7. The standard InChI is InChI=1S/C24H23FN4O.C14H16N2O2.C10H9FN2.CH4.ClH/c1-14-9-15(2)21(10-20(14)22-16(3)17(4)27-28-22)23(30)29-12-24(25,13-29)19-7-5-18(11-26)6-8-19;1-7-5-8(2)12(14(17)18)6-11(7)13-9(3)10(4)15-16-13;11-10(6-13-7-10)9-3-1-8(5-12)2-4-9;;/h5-10H,12-13H2,1-4H3,(H,27,28);5-6H,1-4H3,(H,15,16)(H,17,18);1-4,13H,6-7H2;1H4;1H. The van der Waals surface area contributed by atoms with Crippen LogP contribution in [-0.2, 0) is 11.3 Å². The Morgan fingerprint density at radius 2 is 1.05 bits per heavy atom. The van der Waals surface area contributed by atoms with E-state index in [0.717, 1.165) is 67.3 Å². The van der Waals surface area contributed by atoms with E-state index in [4.69, 9.17) is 10.5 Å². The maximum Gasteiger partial charge on any atom is 0.335 e. The average molecular weight is 875 g/mol. The summed E-state index contributed by atoms with van der Waals surface area (Å²) in [5.74, 6) is -1.08. The zero-order chi connectivity index (χ0) is 44.4. The summed E-state index contributed by atoms with van der Waals surface area (Å²) in [6.07, 6.45) is 0. The number of halogens is 3. The van der Waals surface area contributed by atoms with Crippen LogP contribution in [0.25, 0.3) is 22.5 Å². The van der Waals surface area contributed by atoms with Crippen LogP contribution in [-0.4, -0.2) is 68.5 Å². The Morgan fingerprint density at radius 3 is 1.40 bits per heavy atom. The quantitative estimate of drug-likeness (QED) is 0.128. The van der Waals surface area contributed by atoms with Crippen LogP contribution in [0.4, 0.5) is 8.78 Å². The van der Waals surface area contributed by atoms with Crippen LogP contribution in [0.2, 0.25) is 0 Å². The summed E-state index contributed by atoms with van der Waals surface area (Å²) in [5.41, 5.74) is 11.6. The van der Waals surface area contributed by atoms with E-state index in [-0.39, 0.29) is 38.8 Å². The molecule has 1 amide bonds. The van der Waals surface area contributed by atoms with Gasteiger partial charge in [0.2, 0.25) is 0 Å². The van der Waals surface area contributed by atoms with Gasteiger partial charge in [-0.25, -0.2) is 13.6 Å². The van der Waals surface area contributed by atoms with E-state index in [0.29, 0.717) is 46.5 Å². The molecule has 0 saturated carbocycles. The highest BCUT2D eigenvalue weighted by Crippen LogP contribution is 2.38. The fourth-order valence-corrected chi connectivity index (χ4v) is 7.46. The Bertz CT molecular complexity index is 2720. The van der Waals surface area contributed by atoms with Gasteiger partial charge in [0.15, 0.2) is 11.3 Å². The van der Waals surface area contributed by atoms with Crippen molar-refractivity contribution in [2.75, 3.05) is 26.2 Å². The first-order chi connectivity index (χ1) is 28.9. The fraction of sp³-hybridized carbons (Fsp3) is 0.306. The van der Waals surface area contributed by atoms with Gasteiger partial charge >= 0.3 is 5.97 Å². The van der Waals surface area contributed by atoms with Crippen molar-refractivity contribution in [1.29, 1.82) is 10.5 Å². The third-order valence-electron chi connectivity index (χ3n) is 11.7. The molecule has 0 atom stereocenters. The molecule has 2 fully saturated rings.